The first kappa shape index (κ1) is 24.3. The van der Waals surface area contributed by atoms with Gasteiger partial charge in [0.05, 0.1) is 5.92 Å². The maximum absolute atomic E-state index is 13.0. The Morgan fingerprint density at radius 2 is 1.74 bits per heavy atom. The van der Waals surface area contributed by atoms with Crippen molar-refractivity contribution >= 4 is 34.7 Å². The van der Waals surface area contributed by atoms with Crippen molar-refractivity contribution in [1.82, 2.24) is 25.3 Å². The largest absolute Gasteiger partial charge is 0.356 e. The Balaban J connectivity index is 1.24. The molecule has 2 fully saturated rings. The summed E-state index contributed by atoms with van der Waals surface area (Å²) in [6, 6.07) is 9.05. The fourth-order valence-corrected chi connectivity index (χ4v) is 5.17. The van der Waals surface area contributed by atoms with Gasteiger partial charge in [-0.2, -0.15) is 0 Å². The van der Waals surface area contributed by atoms with E-state index in [9.17, 15) is 14.4 Å². The normalized spacial score (nSPS) is 18.9. The van der Waals surface area contributed by atoms with Gasteiger partial charge in [0.25, 0.3) is 11.8 Å². The molecule has 34 heavy (non-hydrogen) atoms. The maximum Gasteiger partial charge on any atom is 0.286 e. The minimum atomic E-state index is -0.400. The number of hydrogen-bond donors (Lipinski definition) is 2. The van der Waals surface area contributed by atoms with E-state index in [-0.39, 0.29) is 27.7 Å². The SMILES string of the molecule is O=C(Nc1ccccc1)c1nnc(C(=O)N2CCC[C@H](C(=O)NCCCN3CCCCC3)C2)s1. The highest BCUT2D eigenvalue weighted by Crippen LogP contribution is 2.21. The third-order valence-corrected chi connectivity index (χ3v) is 7.22. The molecule has 2 aliphatic heterocycles. The second-order valence-corrected chi connectivity index (χ2v) is 9.85. The molecular formula is C24H32N6O3S. The van der Waals surface area contributed by atoms with Gasteiger partial charge in [0.15, 0.2) is 0 Å². The number of hydrogen-bond acceptors (Lipinski definition) is 7. The van der Waals surface area contributed by atoms with E-state index in [1.54, 1.807) is 17.0 Å². The van der Waals surface area contributed by atoms with Gasteiger partial charge < -0.3 is 20.4 Å². The molecule has 0 radical (unpaired) electrons. The van der Waals surface area contributed by atoms with Crippen molar-refractivity contribution in [3.8, 4) is 0 Å². The molecule has 4 rings (SSSR count). The molecule has 2 aliphatic rings. The highest BCUT2D eigenvalue weighted by Gasteiger charge is 2.30. The van der Waals surface area contributed by atoms with E-state index in [0.717, 1.165) is 50.2 Å². The summed E-state index contributed by atoms with van der Waals surface area (Å²) in [5, 5.41) is 13.9. The van der Waals surface area contributed by atoms with Crippen molar-refractivity contribution < 1.29 is 14.4 Å². The van der Waals surface area contributed by atoms with Crippen molar-refractivity contribution in [2.75, 3.05) is 44.6 Å². The Labute approximate surface area is 203 Å². The summed E-state index contributed by atoms with van der Waals surface area (Å²) in [6.07, 6.45) is 6.33. The summed E-state index contributed by atoms with van der Waals surface area (Å²) in [4.78, 5) is 42.2. The van der Waals surface area contributed by atoms with Crippen LogP contribution in [0.25, 0.3) is 0 Å². The molecule has 0 aliphatic carbocycles. The summed E-state index contributed by atoms with van der Waals surface area (Å²) in [5.74, 6) is -0.889. The molecule has 0 bridgehead atoms. The van der Waals surface area contributed by atoms with Crippen LogP contribution in [0, 0.1) is 5.92 Å². The van der Waals surface area contributed by atoms with Crippen LogP contribution in [0.15, 0.2) is 30.3 Å². The predicted octanol–water partition coefficient (Wildman–Crippen LogP) is 2.63. The van der Waals surface area contributed by atoms with Crippen LogP contribution >= 0.6 is 11.3 Å². The number of rotatable bonds is 8. The highest BCUT2D eigenvalue weighted by molar-refractivity contribution is 7.15. The third kappa shape index (κ3) is 6.60. The number of nitrogens with one attached hydrogen (secondary N) is 2. The number of amides is 3. The van der Waals surface area contributed by atoms with Crippen LogP contribution in [-0.4, -0.2) is 77.0 Å². The van der Waals surface area contributed by atoms with E-state index in [0.29, 0.717) is 25.3 Å². The number of para-hydroxylation sites is 1. The molecule has 9 nitrogen and oxygen atoms in total. The molecule has 3 amide bonds. The summed E-state index contributed by atoms with van der Waals surface area (Å²) in [5.41, 5.74) is 0.649. The van der Waals surface area contributed by atoms with E-state index >= 15 is 0 Å². The second-order valence-electron chi connectivity index (χ2n) is 8.87. The predicted molar refractivity (Wildman–Crippen MR) is 131 cm³/mol. The Bertz CT molecular complexity index is 976. The number of likely N-dealkylation sites (tertiary alicyclic amines) is 2. The smallest absolute Gasteiger partial charge is 0.286 e. The summed E-state index contributed by atoms with van der Waals surface area (Å²) in [7, 11) is 0. The molecule has 0 spiro atoms. The van der Waals surface area contributed by atoms with Crippen LogP contribution in [0.2, 0.25) is 0 Å². The Morgan fingerprint density at radius 3 is 2.53 bits per heavy atom. The number of carbonyl (C=O) groups excluding carboxylic acids is 3. The zero-order valence-electron chi connectivity index (χ0n) is 19.4. The molecule has 182 valence electrons. The molecule has 1 atom stereocenters. The van der Waals surface area contributed by atoms with E-state index < -0.39 is 5.91 Å². The van der Waals surface area contributed by atoms with Crippen LogP contribution in [-0.2, 0) is 4.79 Å². The van der Waals surface area contributed by atoms with Gasteiger partial charge in [0.1, 0.15) is 0 Å². The van der Waals surface area contributed by atoms with Crippen LogP contribution in [0.5, 0.6) is 0 Å². The first-order valence-corrected chi connectivity index (χ1v) is 12.9. The molecule has 1 aromatic carbocycles. The number of anilines is 1. The lowest BCUT2D eigenvalue weighted by molar-refractivity contribution is -0.126. The van der Waals surface area contributed by atoms with E-state index in [1.807, 2.05) is 18.2 Å². The number of nitrogens with zero attached hydrogens (tertiary/aromatic N) is 4. The average molecular weight is 485 g/mol. The number of benzene rings is 1. The molecule has 2 N–H and O–H groups in total. The van der Waals surface area contributed by atoms with Crippen LogP contribution in [0.3, 0.4) is 0 Å². The van der Waals surface area contributed by atoms with Crippen molar-refractivity contribution in [2.24, 2.45) is 5.92 Å². The summed E-state index contributed by atoms with van der Waals surface area (Å²) >= 11 is 0.971. The quantitative estimate of drug-likeness (QED) is 0.558. The van der Waals surface area contributed by atoms with Crippen molar-refractivity contribution in [2.45, 2.75) is 38.5 Å². The molecule has 1 aromatic heterocycles. The van der Waals surface area contributed by atoms with E-state index in [4.69, 9.17) is 0 Å². The van der Waals surface area contributed by atoms with Gasteiger partial charge in [-0.25, -0.2) is 0 Å². The Morgan fingerprint density at radius 1 is 0.971 bits per heavy atom. The Kier molecular flexibility index (Phi) is 8.59. The lowest BCUT2D eigenvalue weighted by Gasteiger charge is -2.31. The molecule has 0 saturated carbocycles. The second kappa shape index (κ2) is 12.0. The minimum absolute atomic E-state index is 0.0105. The number of piperidine rings is 2. The van der Waals surface area contributed by atoms with Crippen molar-refractivity contribution in [1.29, 1.82) is 0 Å². The fourth-order valence-electron chi connectivity index (χ4n) is 4.46. The van der Waals surface area contributed by atoms with Crippen LogP contribution in [0.1, 0.15) is 58.1 Å². The van der Waals surface area contributed by atoms with Gasteiger partial charge in [0.2, 0.25) is 15.9 Å². The molecule has 2 saturated heterocycles. The zero-order chi connectivity index (χ0) is 23.8. The van der Waals surface area contributed by atoms with E-state index in [2.05, 4.69) is 25.7 Å². The topological polar surface area (TPSA) is 108 Å². The summed E-state index contributed by atoms with van der Waals surface area (Å²) < 4.78 is 0. The van der Waals surface area contributed by atoms with Gasteiger partial charge in [-0.15, -0.1) is 10.2 Å². The molecule has 2 aromatic rings. The van der Waals surface area contributed by atoms with Crippen molar-refractivity contribution in [3.63, 3.8) is 0 Å². The van der Waals surface area contributed by atoms with Gasteiger partial charge in [-0.1, -0.05) is 36.0 Å². The van der Waals surface area contributed by atoms with Crippen molar-refractivity contribution in [3.05, 3.63) is 40.3 Å². The van der Waals surface area contributed by atoms with Gasteiger partial charge >= 0.3 is 0 Å². The monoisotopic (exact) mass is 484 g/mol. The standard InChI is InChI=1S/C24H32N6O3S/c31-20(25-12-8-15-29-13-5-2-6-14-29)18-9-7-16-30(17-18)24(33)23-28-27-22(34-23)21(32)26-19-10-3-1-4-11-19/h1,3-4,10-11,18H,2,5-9,12-17H2,(H,25,31)(H,26,32)/t18-/m0/s1. The van der Waals surface area contributed by atoms with Crippen LogP contribution in [0.4, 0.5) is 5.69 Å². The zero-order valence-corrected chi connectivity index (χ0v) is 20.2. The van der Waals surface area contributed by atoms with Gasteiger partial charge in [0, 0.05) is 25.3 Å². The lowest BCUT2D eigenvalue weighted by atomic mass is 9.97. The number of aromatic nitrogens is 2. The van der Waals surface area contributed by atoms with Gasteiger partial charge in [-0.3, -0.25) is 14.4 Å². The molecule has 3 heterocycles. The number of carbonyl (C=O) groups is 3. The molecular weight excluding hydrogens is 452 g/mol. The highest BCUT2D eigenvalue weighted by atomic mass is 32.1. The maximum atomic E-state index is 13.0. The Hall–Kier alpha value is -2.85. The fraction of sp³-hybridized carbons (Fsp3) is 0.542. The molecule has 10 heteroatoms. The van der Waals surface area contributed by atoms with E-state index in [1.165, 1.54) is 19.3 Å². The van der Waals surface area contributed by atoms with Crippen LogP contribution < -0.4 is 10.6 Å². The third-order valence-electron chi connectivity index (χ3n) is 6.31. The lowest BCUT2D eigenvalue weighted by Crippen LogP contribution is -2.45. The first-order valence-electron chi connectivity index (χ1n) is 12.1. The minimum Gasteiger partial charge on any atom is -0.356 e. The molecule has 0 unspecified atom stereocenters. The summed E-state index contributed by atoms with van der Waals surface area (Å²) in [6.45, 7) is 4.94. The first-order chi connectivity index (χ1) is 16.6. The average Bonchev–Trinajstić information content (AvgIpc) is 3.38. The van der Waals surface area contributed by atoms with Gasteiger partial charge in [-0.05, 0) is 63.9 Å².